The van der Waals surface area contributed by atoms with Crippen molar-refractivity contribution in [3.8, 4) is 11.5 Å². The summed E-state index contributed by atoms with van der Waals surface area (Å²) in [6.45, 7) is 0. The van der Waals surface area contributed by atoms with Crippen molar-refractivity contribution in [3.05, 3.63) is 48.5 Å². The first kappa shape index (κ1) is 25.7. The largest absolute Gasteiger partial charge is 2.00 e. The van der Waals surface area contributed by atoms with E-state index in [9.17, 15) is 25.9 Å². The van der Waals surface area contributed by atoms with Gasteiger partial charge in [-0.1, -0.05) is 0 Å². The molecule has 27 heavy (non-hydrogen) atoms. The van der Waals surface area contributed by atoms with Gasteiger partial charge in [0.2, 0.25) is 0 Å². The Labute approximate surface area is 187 Å². The number of anilines is 2. The van der Waals surface area contributed by atoms with Gasteiger partial charge in [-0.3, -0.25) is 0 Å². The predicted octanol–water partition coefficient (Wildman–Crippen LogP) is 0.754. The Morgan fingerprint density at radius 1 is 0.667 bits per heavy atom. The molecule has 0 amide bonds. The third-order valence-corrected chi connectivity index (χ3v) is 3.48. The first-order valence-electron chi connectivity index (χ1n) is 6.88. The molecule has 0 aliphatic rings. The van der Waals surface area contributed by atoms with Crippen LogP contribution < -0.4 is 19.0 Å². The van der Waals surface area contributed by atoms with Gasteiger partial charge in [-0.05, 0) is 48.5 Å². The van der Waals surface area contributed by atoms with Gasteiger partial charge in [0.1, 0.15) is 11.5 Å². The molecule has 2 N–H and O–H groups in total. The van der Waals surface area contributed by atoms with Crippen LogP contribution in [0.15, 0.2) is 48.5 Å². The topological polar surface area (TPSA) is 157 Å². The molecule has 0 saturated heterocycles. The molecule has 0 saturated carbocycles. The monoisotopic (exact) mass is 444 g/mol. The van der Waals surface area contributed by atoms with Gasteiger partial charge in [-0.25, -0.2) is 16.8 Å². The van der Waals surface area contributed by atoms with Crippen LogP contribution in [0.2, 0.25) is 0 Å². The van der Waals surface area contributed by atoms with Gasteiger partial charge in [0, 0.05) is 25.5 Å². The number of hydrogen-bond donors (Lipinski definition) is 2. The van der Waals surface area contributed by atoms with E-state index in [1.165, 1.54) is 24.3 Å². The van der Waals surface area contributed by atoms with E-state index in [1.807, 2.05) is 0 Å². The normalized spacial score (nSPS) is 10.5. The second-order valence-electron chi connectivity index (χ2n) is 4.53. The van der Waals surface area contributed by atoms with Crippen LogP contribution >= 0.6 is 0 Å². The van der Waals surface area contributed by atoms with Crippen LogP contribution in [0.4, 0.5) is 11.4 Å². The van der Waals surface area contributed by atoms with E-state index >= 15 is 0 Å². The second kappa shape index (κ2) is 11.5. The van der Waals surface area contributed by atoms with Crippen molar-refractivity contribution in [3.63, 3.8) is 0 Å². The average molecular weight is 445 g/mol. The van der Waals surface area contributed by atoms with Crippen molar-refractivity contribution >= 4 is 69.9 Å². The van der Waals surface area contributed by atoms with Crippen LogP contribution in [0.25, 0.3) is 0 Å². The minimum Gasteiger partial charge on any atom is -0.716 e. The van der Waals surface area contributed by atoms with Crippen LogP contribution in [0.1, 0.15) is 0 Å². The van der Waals surface area contributed by atoms with Gasteiger partial charge in [0.05, 0.1) is 0 Å². The number of rotatable bonds is 6. The fourth-order valence-electron chi connectivity index (χ4n) is 1.59. The van der Waals surface area contributed by atoms with Crippen molar-refractivity contribution in [2.24, 2.45) is 0 Å². The molecule has 144 valence electrons. The van der Waals surface area contributed by atoms with Gasteiger partial charge >= 0.3 is 37.7 Å². The van der Waals surface area contributed by atoms with Crippen molar-refractivity contribution in [1.29, 1.82) is 0 Å². The zero-order valence-corrected chi connectivity index (χ0v) is 18.2. The summed E-state index contributed by atoms with van der Waals surface area (Å²) in [5.41, 5.74) is 1.60. The summed E-state index contributed by atoms with van der Waals surface area (Å²) in [5, 5.41) is 5.67. The second-order valence-corrected chi connectivity index (χ2v) is 6.50. The Hall–Kier alpha value is -1.28. The van der Waals surface area contributed by atoms with Crippen LogP contribution in [0.5, 0.6) is 11.5 Å². The predicted molar refractivity (Wildman–Crippen MR) is 98.4 cm³/mol. The molecular formula is C14H16CaN2O8S2. The summed E-state index contributed by atoms with van der Waals surface area (Å²) in [5.74, 6) is 0.0167. The van der Waals surface area contributed by atoms with E-state index < -0.39 is 20.8 Å². The maximum absolute atomic E-state index is 10.2. The van der Waals surface area contributed by atoms with Gasteiger partial charge in [0.15, 0.2) is 0 Å². The zero-order valence-electron chi connectivity index (χ0n) is 14.4. The SMILES string of the molecule is CNc1ccc(OS(=O)(=O)[O-])cc1.CNc1ccc(OS(=O)(=O)[O-])cc1.[Ca+2]. The van der Waals surface area contributed by atoms with E-state index in [4.69, 9.17) is 0 Å². The van der Waals surface area contributed by atoms with Crippen molar-refractivity contribution < 1.29 is 34.3 Å². The Bertz CT molecular complexity index is 824. The summed E-state index contributed by atoms with van der Waals surface area (Å²) < 4.78 is 69.2. The third-order valence-electron chi connectivity index (χ3n) is 2.68. The molecule has 2 rings (SSSR count). The molecule has 2 aromatic carbocycles. The molecule has 0 aliphatic heterocycles. The molecule has 0 aromatic heterocycles. The van der Waals surface area contributed by atoms with E-state index in [-0.39, 0.29) is 49.2 Å². The first-order valence-corrected chi connectivity index (χ1v) is 9.55. The quantitative estimate of drug-likeness (QED) is 0.370. The summed E-state index contributed by atoms with van der Waals surface area (Å²) >= 11 is 0. The Morgan fingerprint density at radius 3 is 1.11 bits per heavy atom. The zero-order chi connectivity index (χ0) is 19.8. The van der Waals surface area contributed by atoms with Crippen molar-refractivity contribution in [1.82, 2.24) is 0 Å². The summed E-state index contributed by atoms with van der Waals surface area (Å²) in [4.78, 5) is 0. The van der Waals surface area contributed by atoms with Gasteiger partial charge in [0.25, 0.3) is 20.8 Å². The molecule has 10 nitrogen and oxygen atoms in total. The van der Waals surface area contributed by atoms with Crippen LogP contribution in [0.3, 0.4) is 0 Å². The number of nitrogens with one attached hydrogen (secondary N) is 2. The Balaban J connectivity index is 0.000000483. The fraction of sp³-hybridized carbons (Fsp3) is 0.143. The maximum Gasteiger partial charge on any atom is 2.00 e. The first-order chi connectivity index (χ1) is 12.0. The van der Waals surface area contributed by atoms with E-state index in [0.717, 1.165) is 11.4 Å². The van der Waals surface area contributed by atoms with Crippen LogP contribution in [0, 0.1) is 0 Å². The summed E-state index contributed by atoms with van der Waals surface area (Å²) in [6.07, 6.45) is 0. The maximum atomic E-state index is 10.2. The molecule has 0 aliphatic carbocycles. The molecule has 0 fully saturated rings. The van der Waals surface area contributed by atoms with Crippen LogP contribution in [-0.4, -0.2) is 77.8 Å². The molecule has 0 bridgehead atoms. The van der Waals surface area contributed by atoms with E-state index in [2.05, 4.69) is 19.0 Å². The number of hydrogen-bond acceptors (Lipinski definition) is 10. The molecule has 2 aromatic rings. The Morgan fingerprint density at radius 2 is 0.926 bits per heavy atom. The van der Waals surface area contributed by atoms with E-state index in [0.29, 0.717) is 0 Å². The van der Waals surface area contributed by atoms with Crippen molar-refractivity contribution in [2.45, 2.75) is 0 Å². The molecule has 0 unspecified atom stereocenters. The van der Waals surface area contributed by atoms with Gasteiger partial charge in [-0.2, -0.15) is 0 Å². The minimum atomic E-state index is -4.67. The molecule has 13 heteroatoms. The average Bonchev–Trinajstić information content (AvgIpc) is 2.54. The van der Waals surface area contributed by atoms with Crippen molar-refractivity contribution in [2.75, 3.05) is 24.7 Å². The molecule has 0 heterocycles. The summed E-state index contributed by atoms with van der Waals surface area (Å²) in [7, 11) is -5.89. The molecule has 0 spiro atoms. The minimum absolute atomic E-state index is 0. The smallest absolute Gasteiger partial charge is 0.716 e. The van der Waals surface area contributed by atoms with E-state index in [1.54, 1.807) is 38.4 Å². The summed E-state index contributed by atoms with van der Waals surface area (Å²) in [6, 6.07) is 12.0. The third kappa shape index (κ3) is 11.9. The Kier molecular flexibility index (Phi) is 11.0. The standard InChI is InChI=1S/2C7H9NO4S.Ca/c2*1-8-6-2-4-7(5-3-6)12-13(9,10)11;/h2*2-5,8H,1H3,(H,9,10,11);/q;;+2/p-2. The van der Waals surface area contributed by atoms with Gasteiger partial charge < -0.3 is 28.1 Å². The van der Waals surface area contributed by atoms with Gasteiger partial charge in [-0.15, -0.1) is 0 Å². The molecule has 0 atom stereocenters. The molecular weight excluding hydrogens is 428 g/mol. The fourth-order valence-corrected chi connectivity index (χ4v) is 2.28. The number of benzene rings is 2. The van der Waals surface area contributed by atoms with Crippen LogP contribution in [-0.2, 0) is 20.8 Å². The molecule has 0 radical (unpaired) electrons.